The highest BCUT2D eigenvalue weighted by Crippen LogP contribution is 2.30. The van der Waals surface area contributed by atoms with Crippen molar-refractivity contribution >= 4 is 35.0 Å². The van der Waals surface area contributed by atoms with E-state index in [0.717, 1.165) is 34.6 Å². The van der Waals surface area contributed by atoms with Gasteiger partial charge < -0.3 is 4.98 Å². The summed E-state index contributed by atoms with van der Waals surface area (Å²) in [6.45, 7) is 2.03. The molecule has 1 saturated carbocycles. The van der Waals surface area contributed by atoms with Crippen molar-refractivity contribution in [1.29, 1.82) is 0 Å². The minimum atomic E-state index is -0.00749. The van der Waals surface area contributed by atoms with Gasteiger partial charge in [-0.3, -0.25) is 9.89 Å². The van der Waals surface area contributed by atoms with Crippen molar-refractivity contribution in [2.24, 2.45) is 5.92 Å². The first-order valence-electron chi connectivity index (χ1n) is 10.8. The van der Waals surface area contributed by atoms with E-state index < -0.39 is 0 Å². The zero-order valence-electron chi connectivity index (χ0n) is 17.5. The second-order valence-corrected chi connectivity index (χ2v) is 9.83. The van der Waals surface area contributed by atoms with Gasteiger partial charge in [0.1, 0.15) is 0 Å². The second kappa shape index (κ2) is 10.2. The number of aromatic amines is 2. The Morgan fingerprint density at radius 3 is 2.68 bits per heavy atom. The predicted octanol–water partition coefficient (Wildman–Crippen LogP) is 6.44. The molecule has 4 rings (SSSR count). The van der Waals surface area contributed by atoms with Gasteiger partial charge in [-0.2, -0.15) is 5.10 Å². The summed E-state index contributed by atoms with van der Waals surface area (Å²) in [4.78, 5) is 20.4. The lowest BCUT2D eigenvalue weighted by atomic mass is 9.85. The van der Waals surface area contributed by atoms with Crippen LogP contribution < -0.4 is 5.56 Å². The minimum Gasteiger partial charge on any atom is -0.301 e. The molecule has 5 nitrogen and oxygen atoms in total. The molecule has 1 aliphatic carbocycles. The van der Waals surface area contributed by atoms with Crippen molar-refractivity contribution in [2.75, 3.05) is 0 Å². The Kier molecular flexibility index (Phi) is 7.41. The zero-order chi connectivity index (χ0) is 21.8. The third-order valence-electron chi connectivity index (χ3n) is 5.85. The topological polar surface area (TPSA) is 74.4 Å². The third-order valence-corrected chi connectivity index (χ3v) is 7.51. The molecule has 3 aromatic rings. The van der Waals surface area contributed by atoms with E-state index in [0.29, 0.717) is 33.3 Å². The van der Waals surface area contributed by atoms with Crippen molar-refractivity contribution in [3.63, 3.8) is 0 Å². The van der Waals surface area contributed by atoms with E-state index in [1.54, 1.807) is 12.1 Å². The molecule has 1 aliphatic rings. The number of rotatable bonds is 7. The van der Waals surface area contributed by atoms with E-state index in [1.807, 2.05) is 19.1 Å². The van der Waals surface area contributed by atoms with Crippen LogP contribution in [-0.4, -0.2) is 20.2 Å². The first-order chi connectivity index (χ1) is 15.0. The van der Waals surface area contributed by atoms with Gasteiger partial charge in [-0.15, -0.1) is 0 Å². The van der Waals surface area contributed by atoms with Crippen LogP contribution in [0.25, 0.3) is 11.3 Å². The van der Waals surface area contributed by atoms with E-state index in [2.05, 4.69) is 15.2 Å². The summed E-state index contributed by atoms with van der Waals surface area (Å²) in [7, 11) is 0. The highest BCUT2D eigenvalue weighted by Gasteiger charge is 2.19. The Labute approximate surface area is 196 Å². The smallest absolute Gasteiger partial charge is 0.254 e. The molecule has 2 heterocycles. The fraction of sp³-hybridized carbons (Fsp3) is 0.435. The average Bonchev–Trinajstić information content (AvgIpc) is 3.24. The molecule has 164 valence electrons. The molecule has 1 aromatic carbocycles. The van der Waals surface area contributed by atoms with Gasteiger partial charge in [0.2, 0.25) is 0 Å². The number of H-pyrrole nitrogens is 2. The summed E-state index contributed by atoms with van der Waals surface area (Å²) in [5.74, 6) is 1.28. The summed E-state index contributed by atoms with van der Waals surface area (Å²) < 4.78 is 0. The van der Waals surface area contributed by atoms with E-state index in [4.69, 9.17) is 28.2 Å². The number of nitrogens with zero attached hydrogens (tertiary/aromatic N) is 2. The number of hydrogen-bond donors (Lipinski definition) is 2. The highest BCUT2D eigenvalue weighted by molar-refractivity contribution is 7.98. The molecule has 0 saturated heterocycles. The molecule has 2 aromatic heterocycles. The van der Waals surface area contributed by atoms with Crippen LogP contribution in [0.15, 0.2) is 34.2 Å². The number of benzene rings is 1. The number of aromatic nitrogens is 4. The van der Waals surface area contributed by atoms with Gasteiger partial charge in [0.25, 0.3) is 5.56 Å². The molecule has 0 bridgehead atoms. The van der Waals surface area contributed by atoms with Crippen LogP contribution in [-0.2, 0) is 18.6 Å². The number of hydrogen-bond acceptors (Lipinski definition) is 4. The molecule has 0 amide bonds. The molecule has 0 spiro atoms. The molecule has 0 atom stereocenters. The van der Waals surface area contributed by atoms with E-state index >= 15 is 0 Å². The Morgan fingerprint density at radius 2 is 1.94 bits per heavy atom. The second-order valence-electron chi connectivity index (χ2n) is 8.05. The van der Waals surface area contributed by atoms with E-state index in [-0.39, 0.29) is 5.56 Å². The standard InChI is InChI=1S/C23H26Cl2N4OS/c1-2-17-21(10-14-6-4-3-5-7-14)26-23(27-22(17)30)31-13-16-12-20(29-28-16)15-8-9-18(24)19(25)11-15/h8-9,11-12,14H,2-7,10,13H2,1H3,(H,28,29)(H,26,27,30). The number of halogens is 2. The molecule has 2 N–H and O–H groups in total. The van der Waals surface area contributed by atoms with Crippen LogP contribution in [0.5, 0.6) is 0 Å². The van der Waals surface area contributed by atoms with Crippen LogP contribution in [0, 0.1) is 5.92 Å². The molecule has 31 heavy (non-hydrogen) atoms. The summed E-state index contributed by atoms with van der Waals surface area (Å²) in [5, 5.41) is 9.12. The summed E-state index contributed by atoms with van der Waals surface area (Å²) in [6, 6.07) is 7.44. The molecule has 1 fully saturated rings. The maximum absolute atomic E-state index is 12.6. The summed E-state index contributed by atoms with van der Waals surface area (Å²) in [6.07, 6.45) is 8.01. The Hall–Kier alpha value is -1.76. The van der Waals surface area contributed by atoms with Crippen molar-refractivity contribution in [2.45, 2.75) is 62.8 Å². The third kappa shape index (κ3) is 5.54. The minimum absolute atomic E-state index is 0.00749. The molecule has 0 aliphatic heterocycles. The quantitative estimate of drug-likeness (QED) is 0.303. The lowest BCUT2D eigenvalue weighted by Gasteiger charge is -2.22. The normalized spacial score (nSPS) is 14.8. The van der Waals surface area contributed by atoms with Crippen molar-refractivity contribution in [1.82, 2.24) is 20.2 Å². The monoisotopic (exact) mass is 476 g/mol. The number of nitrogens with one attached hydrogen (secondary N) is 2. The predicted molar refractivity (Wildman–Crippen MR) is 128 cm³/mol. The van der Waals surface area contributed by atoms with Crippen LogP contribution >= 0.6 is 35.0 Å². The van der Waals surface area contributed by atoms with Crippen LogP contribution in [0.1, 0.15) is 56.0 Å². The Morgan fingerprint density at radius 1 is 1.13 bits per heavy atom. The summed E-state index contributed by atoms with van der Waals surface area (Å²) >= 11 is 13.6. The maximum Gasteiger partial charge on any atom is 0.254 e. The molecule has 0 radical (unpaired) electrons. The average molecular weight is 477 g/mol. The van der Waals surface area contributed by atoms with E-state index in [9.17, 15) is 4.79 Å². The lowest BCUT2D eigenvalue weighted by molar-refractivity contribution is 0.352. The maximum atomic E-state index is 12.6. The first-order valence-corrected chi connectivity index (χ1v) is 12.5. The summed E-state index contributed by atoms with van der Waals surface area (Å²) in [5.41, 5.74) is 4.44. The fourth-order valence-corrected chi connectivity index (χ4v) is 5.25. The van der Waals surface area contributed by atoms with E-state index in [1.165, 1.54) is 43.9 Å². The SMILES string of the molecule is CCc1c(CC2CCCCC2)nc(SCc2cc(-c3ccc(Cl)c(Cl)c3)n[nH]2)[nH]c1=O. The molecular formula is C23H26Cl2N4OS. The van der Waals surface area contributed by atoms with Gasteiger partial charge in [0.15, 0.2) is 5.16 Å². The van der Waals surface area contributed by atoms with Crippen molar-refractivity contribution in [3.8, 4) is 11.3 Å². The Bertz CT molecular complexity index is 1110. The van der Waals surface area contributed by atoms with Gasteiger partial charge >= 0.3 is 0 Å². The Balaban J connectivity index is 1.47. The van der Waals surface area contributed by atoms with Crippen LogP contribution in [0.3, 0.4) is 0 Å². The van der Waals surface area contributed by atoms with Gasteiger partial charge in [-0.25, -0.2) is 4.98 Å². The first kappa shape index (κ1) is 22.4. The van der Waals surface area contributed by atoms with Crippen LogP contribution in [0.2, 0.25) is 10.0 Å². The van der Waals surface area contributed by atoms with Gasteiger partial charge in [-0.1, -0.05) is 80.1 Å². The number of thioether (sulfide) groups is 1. The van der Waals surface area contributed by atoms with Gasteiger partial charge in [0.05, 0.1) is 21.4 Å². The van der Waals surface area contributed by atoms with Crippen molar-refractivity contribution < 1.29 is 0 Å². The molecular weight excluding hydrogens is 451 g/mol. The molecule has 8 heteroatoms. The lowest BCUT2D eigenvalue weighted by Crippen LogP contribution is -2.21. The largest absolute Gasteiger partial charge is 0.301 e. The van der Waals surface area contributed by atoms with Gasteiger partial charge in [-0.05, 0) is 37.0 Å². The van der Waals surface area contributed by atoms with Gasteiger partial charge in [0, 0.05) is 22.6 Å². The highest BCUT2D eigenvalue weighted by atomic mass is 35.5. The fourth-order valence-electron chi connectivity index (χ4n) is 4.17. The zero-order valence-corrected chi connectivity index (χ0v) is 19.8. The van der Waals surface area contributed by atoms with Crippen molar-refractivity contribution in [3.05, 3.63) is 61.6 Å². The molecule has 0 unspecified atom stereocenters. The van der Waals surface area contributed by atoms with Crippen LogP contribution in [0.4, 0.5) is 0 Å².